The fourth-order valence-electron chi connectivity index (χ4n) is 2.68. The van der Waals surface area contributed by atoms with Crippen molar-refractivity contribution < 1.29 is 9.47 Å². The Balaban J connectivity index is 2.05. The first-order valence-corrected chi connectivity index (χ1v) is 9.74. The van der Waals surface area contributed by atoms with Crippen molar-refractivity contribution in [3.05, 3.63) is 61.6 Å². The van der Waals surface area contributed by atoms with E-state index in [1.54, 1.807) is 38.3 Å². The molecule has 2 aromatic carbocycles. The summed E-state index contributed by atoms with van der Waals surface area (Å²) in [5.41, 5.74) is 1.04. The number of rotatable bonds is 5. The Labute approximate surface area is 175 Å². The van der Waals surface area contributed by atoms with E-state index < -0.39 is 0 Å². The van der Waals surface area contributed by atoms with Crippen LogP contribution in [-0.4, -0.2) is 29.1 Å². The lowest BCUT2D eigenvalue weighted by molar-refractivity contribution is 0.230. The molecule has 0 N–H and O–H groups in total. The summed E-state index contributed by atoms with van der Waals surface area (Å²) >= 11 is 9.72. The second-order valence-corrected chi connectivity index (χ2v) is 7.71. The number of nitrogens with zero attached hydrogens (tertiary/aromatic N) is 3. The van der Waals surface area contributed by atoms with Gasteiger partial charge in [0.25, 0.3) is 5.56 Å². The Kier molecular flexibility index (Phi) is 6.05. The van der Waals surface area contributed by atoms with Crippen LogP contribution in [0.25, 0.3) is 10.9 Å². The Morgan fingerprint density at radius 1 is 1.29 bits per heavy atom. The zero-order valence-corrected chi connectivity index (χ0v) is 18.2. The number of hydrogen-bond acceptors (Lipinski definition) is 5. The van der Waals surface area contributed by atoms with E-state index in [0.717, 1.165) is 4.47 Å². The van der Waals surface area contributed by atoms with Crippen LogP contribution >= 0.6 is 27.5 Å². The highest BCUT2D eigenvalue weighted by Gasteiger charge is 2.13. The third-order valence-corrected chi connectivity index (χ3v) is 4.67. The molecule has 3 rings (SSSR count). The molecule has 0 atom stereocenters. The third-order valence-electron chi connectivity index (χ3n) is 3.90. The molecular weight excluding hydrogens is 446 g/mol. The minimum atomic E-state index is -0.252. The standard InChI is InChI=1S/C20H19BrClN3O3/c1-11(2)28-19-16(22)7-13(8-18(19)27-4)10-23-25-12(3)24-17-6-5-14(21)9-15(17)20(25)26/h5-11H,1-4H3. The van der Waals surface area contributed by atoms with Gasteiger partial charge in [-0.25, -0.2) is 4.98 Å². The lowest BCUT2D eigenvalue weighted by atomic mass is 10.2. The summed E-state index contributed by atoms with van der Waals surface area (Å²) in [6, 6.07) is 8.82. The molecule has 0 saturated heterocycles. The number of halogens is 2. The topological polar surface area (TPSA) is 65.7 Å². The van der Waals surface area contributed by atoms with E-state index in [2.05, 4.69) is 26.0 Å². The molecule has 8 heteroatoms. The molecule has 0 radical (unpaired) electrons. The average Bonchev–Trinajstić information content (AvgIpc) is 2.64. The summed E-state index contributed by atoms with van der Waals surface area (Å²) in [4.78, 5) is 17.3. The highest BCUT2D eigenvalue weighted by atomic mass is 79.9. The van der Waals surface area contributed by atoms with E-state index >= 15 is 0 Å². The number of hydrogen-bond donors (Lipinski definition) is 0. The van der Waals surface area contributed by atoms with Crippen molar-refractivity contribution in [1.82, 2.24) is 9.66 Å². The smallest absolute Gasteiger partial charge is 0.282 e. The molecule has 3 aromatic rings. The molecule has 0 amide bonds. The van der Waals surface area contributed by atoms with Crippen LogP contribution in [0.15, 0.2) is 44.7 Å². The molecular formula is C20H19BrClN3O3. The number of aromatic nitrogens is 2. The van der Waals surface area contributed by atoms with Crippen molar-refractivity contribution >= 4 is 44.6 Å². The third kappa shape index (κ3) is 4.20. The van der Waals surface area contributed by atoms with Crippen molar-refractivity contribution in [2.75, 3.05) is 7.11 Å². The predicted molar refractivity (Wildman–Crippen MR) is 115 cm³/mol. The SMILES string of the molecule is COc1cc(C=Nn2c(C)nc3ccc(Br)cc3c2=O)cc(Cl)c1OC(C)C. The minimum Gasteiger partial charge on any atom is -0.493 e. The first kappa shape index (κ1) is 20.4. The Hall–Kier alpha value is -2.38. The molecule has 1 aromatic heterocycles. The van der Waals surface area contributed by atoms with Crippen LogP contribution in [0, 0.1) is 6.92 Å². The van der Waals surface area contributed by atoms with E-state index in [9.17, 15) is 4.79 Å². The highest BCUT2D eigenvalue weighted by molar-refractivity contribution is 9.10. The monoisotopic (exact) mass is 463 g/mol. The summed E-state index contributed by atoms with van der Waals surface area (Å²) in [5, 5.41) is 5.19. The summed E-state index contributed by atoms with van der Waals surface area (Å²) in [5.74, 6) is 1.45. The average molecular weight is 465 g/mol. The maximum atomic E-state index is 12.8. The lowest BCUT2D eigenvalue weighted by Crippen LogP contribution is -2.20. The molecule has 0 unspecified atom stereocenters. The minimum absolute atomic E-state index is 0.0462. The summed E-state index contributed by atoms with van der Waals surface area (Å²) in [6.07, 6.45) is 1.49. The number of ether oxygens (including phenoxy) is 2. The molecule has 0 aliphatic heterocycles. The zero-order valence-electron chi connectivity index (χ0n) is 15.9. The van der Waals surface area contributed by atoms with Crippen molar-refractivity contribution in [3.8, 4) is 11.5 Å². The number of benzene rings is 2. The van der Waals surface area contributed by atoms with Crippen LogP contribution in [0.1, 0.15) is 25.2 Å². The quantitative estimate of drug-likeness (QED) is 0.509. The van der Waals surface area contributed by atoms with E-state index in [1.165, 1.54) is 10.9 Å². The van der Waals surface area contributed by atoms with Gasteiger partial charge in [-0.3, -0.25) is 4.79 Å². The molecule has 0 bridgehead atoms. The van der Waals surface area contributed by atoms with Crippen molar-refractivity contribution in [3.63, 3.8) is 0 Å². The number of fused-ring (bicyclic) bond motifs is 1. The molecule has 1 heterocycles. The molecule has 0 aliphatic rings. The molecule has 146 valence electrons. The largest absolute Gasteiger partial charge is 0.493 e. The molecule has 0 fully saturated rings. The summed E-state index contributed by atoms with van der Waals surface area (Å²) < 4.78 is 13.2. The van der Waals surface area contributed by atoms with Gasteiger partial charge in [-0.2, -0.15) is 9.78 Å². The molecule has 6 nitrogen and oxygen atoms in total. The molecule has 0 saturated carbocycles. The summed E-state index contributed by atoms with van der Waals surface area (Å²) in [7, 11) is 1.54. The van der Waals surface area contributed by atoms with Gasteiger partial charge in [0, 0.05) is 4.47 Å². The second kappa shape index (κ2) is 8.32. The molecule has 0 spiro atoms. The van der Waals surface area contributed by atoms with Crippen LogP contribution in [0.4, 0.5) is 0 Å². The van der Waals surface area contributed by atoms with Gasteiger partial charge >= 0.3 is 0 Å². The fraction of sp³-hybridized carbons (Fsp3) is 0.250. The normalized spacial score (nSPS) is 11.5. The first-order valence-electron chi connectivity index (χ1n) is 8.57. The predicted octanol–water partition coefficient (Wildman–Crippen LogP) is 4.80. The lowest BCUT2D eigenvalue weighted by Gasteiger charge is -2.15. The van der Waals surface area contributed by atoms with Crippen LogP contribution in [-0.2, 0) is 0 Å². The molecule has 0 aliphatic carbocycles. The summed E-state index contributed by atoms with van der Waals surface area (Å²) in [6.45, 7) is 5.55. The van der Waals surface area contributed by atoms with Crippen LogP contribution < -0.4 is 15.0 Å². The van der Waals surface area contributed by atoms with Crippen molar-refractivity contribution in [2.24, 2.45) is 5.10 Å². The number of methoxy groups -OCH3 is 1. The van der Waals surface area contributed by atoms with E-state index in [-0.39, 0.29) is 11.7 Å². The Morgan fingerprint density at radius 2 is 2.04 bits per heavy atom. The van der Waals surface area contributed by atoms with Crippen LogP contribution in [0.3, 0.4) is 0 Å². The molecule has 28 heavy (non-hydrogen) atoms. The first-order chi connectivity index (χ1) is 13.3. The van der Waals surface area contributed by atoms with E-state index in [1.807, 2.05) is 19.9 Å². The van der Waals surface area contributed by atoms with Crippen LogP contribution in [0.2, 0.25) is 5.02 Å². The van der Waals surface area contributed by atoms with Gasteiger partial charge in [-0.15, -0.1) is 0 Å². The zero-order chi connectivity index (χ0) is 20.4. The van der Waals surface area contributed by atoms with Gasteiger partial charge in [-0.1, -0.05) is 27.5 Å². The number of aryl methyl sites for hydroxylation is 1. The van der Waals surface area contributed by atoms with Gasteiger partial charge in [0.15, 0.2) is 11.5 Å². The van der Waals surface area contributed by atoms with Crippen molar-refractivity contribution in [2.45, 2.75) is 26.9 Å². The van der Waals surface area contributed by atoms with Gasteiger partial charge in [0.1, 0.15) is 5.82 Å². The van der Waals surface area contributed by atoms with Crippen molar-refractivity contribution in [1.29, 1.82) is 0 Å². The Morgan fingerprint density at radius 3 is 2.71 bits per heavy atom. The van der Waals surface area contributed by atoms with E-state index in [0.29, 0.717) is 38.8 Å². The maximum Gasteiger partial charge on any atom is 0.282 e. The Bertz CT molecular complexity index is 1130. The maximum absolute atomic E-state index is 12.8. The fourth-order valence-corrected chi connectivity index (χ4v) is 3.31. The van der Waals surface area contributed by atoms with E-state index in [4.69, 9.17) is 21.1 Å². The van der Waals surface area contributed by atoms with Gasteiger partial charge in [-0.05, 0) is 56.7 Å². The van der Waals surface area contributed by atoms with Gasteiger partial charge in [0.05, 0.1) is 35.4 Å². The highest BCUT2D eigenvalue weighted by Crippen LogP contribution is 2.36. The van der Waals surface area contributed by atoms with Crippen LogP contribution in [0.5, 0.6) is 11.5 Å². The van der Waals surface area contributed by atoms with Gasteiger partial charge in [0.2, 0.25) is 0 Å². The second-order valence-electron chi connectivity index (χ2n) is 6.38. The van der Waals surface area contributed by atoms with Gasteiger partial charge < -0.3 is 9.47 Å².